The molecular weight excluding hydrogens is 272 g/mol. The van der Waals surface area contributed by atoms with Crippen molar-refractivity contribution in [2.45, 2.75) is 27.2 Å². The van der Waals surface area contributed by atoms with Crippen LogP contribution in [-0.4, -0.2) is 41.4 Å². The summed E-state index contributed by atoms with van der Waals surface area (Å²) in [5.41, 5.74) is 11.2. The number of aryl methyl sites for hydroxylation is 1. The Bertz CT molecular complexity index is 516. The van der Waals surface area contributed by atoms with Gasteiger partial charge in [-0.1, -0.05) is 6.92 Å². The highest BCUT2D eigenvalue weighted by molar-refractivity contribution is 5.85. The average molecular weight is 294 g/mol. The molecule has 5 N–H and O–H groups in total. The number of rotatable bonds is 8. The molecule has 0 unspecified atom stereocenters. The normalized spacial score (nSPS) is 10.2. The Morgan fingerprint density at radius 3 is 2.19 bits per heavy atom. The zero-order valence-corrected chi connectivity index (χ0v) is 12.6. The number of carbonyl (C=O) groups is 2. The summed E-state index contributed by atoms with van der Waals surface area (Å²) in [6.07, 6.45) is 0.949. The van der Waals surface area contributed by atoms with Gasteiger partial charge in [0.25, 0.3) is 0 Å². The second kappa shape index (κ2) is 7.41. The molecule has 21 heavy (non-hydrogen) atoms. The van der Waals surface area contributed by atoms with Gasteiger partial charge in [0.05, 0.1) is 13.1 Å². The molecule has 8 heteroatoms. The van der Waals surface area contributed by atoms with Crippen molar-refractivity contribution in [1.82, 2.24) is 9.97 Å². The molecule has 1 rings (SSSR count). The first-order valence-electron chi connectivity index (χ1n) is 6.75. The lowest BCUT2D eigenvalue weighted by Crippen LogP contribution is -2.40. The van der Waals surface area contributed by atoms with E-state index >= 15 is 0 Å². The number of aromatic nitrogens is 2. The minimum Gasteiger partial charge on any atom is -0.370 e. The predicted molar refractivity (Wildman–Crippen MR) is 80.9 cm³/mol. The van der Waals surface area contributed by atoms with E-state index in [9.17, 15) is 9.59 Å². The molecule has 0 aromatic carbocycles. The highest BCUT2D eigenvalue weighted by Gasteiger charge is 2.19. The quantitative estimate of drug-likeness (QED) is 0.603. The average Bonchev–Trinajstić information content (AvgIpc) is 2.37. The zero-order chi connectivity index (χ0) is 16.0. The van der Waals surface area contributed by atoms with Gasteiger partial charge in [-0.3, -0.25) is 9.59 Å². The van der Waals surface area contributed by atoms with Crippen LogP contribution in [-0.2, 0) is 9.59 Å². The molecule has 1 heterocycles. The standard InChI is InChI=1S/C13H22N6O2/c1-4-5-16-12-8(2)13(18-9(3)17-12)19(6-10(14)20)7-11(15)21/h4-7H2,1-3H3,(H2,14,20)(H2,15,21)(H,16,17,18). The summed E-state index contributed by atoms with van der Waals surface area (Å²) in [7, 11) is 0. The summed E-state index contributed by atoms with van der Waals surface area (Å²) in [5, 5.41) is 3.20. The van der Waals surface area contributed by atoms with E-state index in [0.717, 1.165) is 18.5 Å². The molecule has 0 spiro atoms. The Kier molecular flexibility index (Phi) is 5.89. The second-order valence-corrected chi connectivity index (χ2v) is 4.78. The zero-order valence-electron chi connectivity index (χ0n) is 12.6. The Morgan fingerprint density at radius 1 is 1.14 bits per heavy atom. The number of nitrogens with two attached hydrogens (primary N) is 2. The molecule has 0 saturated carbocycles. The largest absolute Gasteiger partial charge is 0.370 e. The number of primary amides is 2. The van der Waals surface area contributed by atoms with Crippen LogP contribution in [0, 0.1) is 13.8 Å². The van der Waals surface area contributed by atoms with Gasteiger partial charge < -0.3 is 21.7 Å². The molecule has 0 aliphatic carbocycles. The van der Waals surface area contributed by atoms with Gasteiger partial charge in [0.15, 0.2) is 0 Å². The smallest absolute Gasteiger partial charge is 0.237 e. The van der Waals surface area contributed by atoms with Crippen molar-refractivity contribution in [3.05, 3.63) is 11.4 Å². The SMILES string of the molecule is CCCNc1nc(C)nc(N(CC(N)=O)CC(N)=O)c1C. The van der Waals surface area contributed by atoms with E-state index in [0.29, 0.717) is 17.5 Å². The summed E-state index contributed by atoms with van der Waals surface area (Å²) in [6, 6.07) is 0. The number of anilines is 2. The minimum atomic E-state index is -0.560. The number of amides is 2. The van der Waals surface area contributed by atoms with Crippen LogP contribution in [0.2, 0.25) is 0 Å². The third-order valence-corrected chi connectivity index (χ3v) is 2.77. The lowest BCUT2D eigenvalue weighted by atomic mass is 10.2. The molecule has 116 valence electrons. The predicted octanol–water partition coefficient (Wildman–Crippen LogP) is -0.308. The van der Waals surface area contributed by atoms with Crippen LogP contribution in [0.25, 0.3) is 0 Å². The van der Waals surface area contributed by atoms with Crippen molar-refractivity contribution in [2.75, 3.05) is 29.9 Å². The number of carbonyl (C=O) groups excluding carboxylic acids is 2. The molecule has 2 amide bonds. The fourth-order valence-electron chi connectivity index (χ4n) is 1.92. The maximum atomic E-state index is 11.2. The number of hydrogen-bond acceptors (Lipinski definition) is 6. The van der Waals surface area contributed by atoms with Gasteiger partial charge in [-0.25, -0.2) is 9.97 Å². The summed E-state index contributed by atoms with van der Waals surface area (Å²) in [5.74, 6) is 0.579. The molecular formula is C13H22N6O2. The van der Waals surface area contributed by atoms with E-state index in [-0.39, 0.29) is 13.1 Å². The van der Waals surface area contributed by atoms with Crippen LogP contribution in [0.5, 0.6) is 0 Å². The molecule has 1 aromatic heterocycles. The van der Waals surface area contributed by atoms with Gasteiger partial charge in [0, 0.05) is 12.1 Å². The fraction of sp³-hybridized carbons (Fsp3) is 0.538. The lowest BCUT2D eigenvalue weighted by molar-refractivity contribution is -0.117. The number of nitrogens with one attached hydrogen (secondary N) is 1. The van der Waals surface area contributed by atoms with Gasteiger partial charge in [-0.15, -0.1) is 0 Å². The van der Waals surface area contributed by atoms with Crippen molar-refractivity contribution in [3.8, 4) is 0 Å². The van der Waals surface area contributed by atoms with Crippen LogP contribution < -0.4 is 21.7 Å². The molecule has 0 atom stereocenters. The maximum absolute atomic E-state index is 11.2. The van der Waals surface area contributed by atoms with Gasteiger partial charge >= 0.3 is 0 Å². The van der Waals surface area contributed by atoms with E-state index in [4.69, 9.17) is 11.5 Å². The topological polar surface area (TPSA) is 127 Å². The van der Waals surface area contributed by atoms with Crippen molar-refractivity contribution in [1.29, 1.82) is 0 Å². The van der Waals surface area contributed by atoms with Crippen LogP contribution in [0.15, 0.2) is 0 Å². The molecule has 8 nitrogen and oxygen atoms in total. The Balaban J connectivity index is 3.19. The molecule has 0 radical (unpaired) electrons. The minimum absolute atomic E-state index is 0.131. The van der Waals surface area contributed by atoms with Gasteiger partial charge in [-0.05, 0) is 20.3 Å². The first-order valence-corrected chi connectivity index (χ1v) is 6.75. The molecule has 0 fully saturated rings. The van der Waals surface area contributed by atoms with Crippen molar-refractivity contribution < 1.29 is 9.59 Å². The first-order chi connectivity index (χ1) is 9.85. The van der Waals surface area contributed by atoms with Crippen LogP contribution in [0.4, 0.5) is 11.6 Å². The molecule has 0 aliphatic rings. The summed E-state index contributed by atoms with van der Waals surface area (Å²) in [6.45, 7) is 6.11. The van der Waals surface area contributed by atoms with Gasteiger partial charge in [-0.2, -0.15) is 0 Å². The third kappa shape index (κ3) is 4.90. The molecule has 1 aromatic rings. The lowest BCUT2D eigenvalue weighted by Gasteiger charge is -2.24. The molecule has 0 aliphatic heterocycles. The van der Waals surface area contributed by atoms with E-state index < -0.39 is 11.8 Å². The fourth-order valence-corrected chi connectivity index (χ4v) is 1.92. The van der Waals surface area contributed by atoms with Gasteiger partial charge in [0.1, 0.15) is 17.5 Å². The maximum Gasteiger partial charge on any atom is 0.237 e. The summed E-state index contributed by atoms with van der Waals surface area (Å²) in [4.78, 5) is 32.5. The summed E-state index contributed by atoms with van der Waals surface area (Å²) < 4.78 is 0. The Labute approximate surface area is 123 Å². The summed E-state index contributed by atoms with van der Waals surface area (Å²) >= 11 is 0. The van der Waals surface area contributed by atoms with E-state index in [1.54, 1.807) is 6.92 Å². The molecule has 0 saturated heterocycles. The van der Waals surface area contributed by atoms with Crippen LogP contribution in [0.3, 0.4) is 0 Å². The number of hydrogen-bond donors (Lipinski definition) is 3. The Hall–Kier alpha value is -2.38. The van der Waals surface area contributed by atoms with Crippen LogP contribution in [0.1, 0.15) is 24.7 Å². The van der Waals surface area contributed by atoms with Gasteiger partial charge in [0.2, 0.25) is 11.8 Å². The van der Waals surface area contributed by atoms with E-state index in [1.807, 2.05) is 13.8 Å². The monoisotopic (exact) mass is 294 g/mol. The number of nitrogens with zero attached hydrogens (tertiary/aromatic N) is 3. The second-order valence-electron chi connectivity index (χ2n) is 4.78. The van der Waals surface area contributed by atoms with Crippen LogP contribution >= 0.6 is 0 Å². The van der Waals surface area contributed by atoms with Crippen molar-refractivity contribution in [2.24, 2.45) is 11.5 Å². The highest BCUT2D eigenvalue weighted by atomic mass is 16.2. The highest BCUT2D eigenvalue weighted by Crippen LogP contribution is 2.23. The van der Waals surface area contributed by atoms with Crippen molar-refractivity contribution >= 4 is 23.5 Å². The first kappa shape index (κ1) is 16.7. The molecule has 0 bridgehead atoms. The Morgan fingerprint density at radius 2 is 1.71 bits per heavy atom. The van der Waals surface area contributed by atoms with Crippen molar-refractivity contribution in [3.63, 3.8) is 0 Å². The van der Waals surface area contributed by atoms with E-state index in [2.05, 4.69) is 15.3 Å². The third-order valence-electron chi connectivity index (χ3n) is 2.77. The van der Waals surface area contributed by atoms with E-state index in [1.165, 1.54) is 4.90 Å².